The van der Waals surface area contributed by atoms with Crippen molar-refractivity contribution in [2.45, 2.75) is 6.92 Å². The summed E-state index contributed by atoms with van der Waals surface area (Å²) in [7, 11) is -2.77. The van der Waals surface area contributed by atoms with E-state index in [1.54, 1.807) is 0 Å². The van der Waals surface area contributed by atoms with Gasteiger partial charge in [0.1, 0.15) is 0 Å². The van der Waals surface area contributed by atoms with Gasteiger partial charge in [-0.15, -0.1) is 0 Å². The zero-order valence-corrected chi connectivity index (χ0v) is 30.4. The number of hydrogen-bond donors (Lipinski definition) is 0. The Balaban J connectivity index is 1.27. The second kappa shape index (κ2) is 11.6. The Morgan fingerprint density at radius 1 is 0.415 bits per heavy atom. The normalized spacial score (nSPS) is 14.2. The first-order chi connectivity index (χ1) is 26.2. The molecule has 8 aromatic rings. The van der Waals surface area contributed by atoms with E-state index in [-0.39, 0.29) is 6.71 Å². The highest BCUT2D eigenvalue weighted by Gasteiger charge is 2.53. The summed E-state index contributed by atoms with van der Waals surface area (Å²) in [4.78, 5) is 5.15. The fourth-order valence-corrected chi connectivity index (χ4v) is 14.8. The number of aryl methyl sites for hydroxylation is 1. The van der Waals surface area contributed by atoms with Crippen molar-refractivity contribution in [3.05, 3.63) is 200 Å². The van der Waals surface area contributed by atoms with Crippen LogP contribution in [0, 0.1) is 6.92 Å². The first-order valence-corrected chi connectivity index (χ1v) is 20.6. The maximum atomic E-state index is 2.63. The quantitative estimate of drug-likeness (QED) is 0.177. The molecule has 0 saturated carbocycles. The number of rotatable bonds is 4. The third kappa shape index (κ3) is 4.21. The molecule has 0 amide bonds. The van der Waals surface area contributed by atoms with Crippen molar-refractivity contribution < 1.29 is 0 Å². The van der Waals surface area contributed by atoms with Crippen LogP contribution in [0.25, 0.3) is 11.1 Å². The molecule has 3 heterocycles. The zero-order chi connectivity index (χ0) is 35.1. The molecule has 0 aromatic heterocycles. The van der Waals surface area contributed by atoms with Gasteiger partial charge in [0.2, 0.25) is 0 Å². The second-order valence-corrected chi connectivity index (χ2v) is 18.3. The Kier molecular flexibility index (Phi) is 6.61. The largest absolute Gasteiger partial charge is 0.312 e. The molecule has 0 N–H and O–H groups in total. The number of anilines is 6. The molecule has 8 aromatic carbocycles. The van der Waals surface area contributed by atoms with Crippen molar-refractivity contribution >= 4 is 86.0 Å². The molecule has 0 bridgehead atoms. The number of benzene rings is 8. The van der Waals surface area contributed by atoms with Gasteiger partial charge in [-0.2, -0.15) is 0 Å². The minimum absolute atomic E-state index is 0.0649. The van der Waals surface area contributed by atoms with Crippen LogP contribution in [-0.4, -0.2) is 14.8 Å². The van der Waals surface area contributed by atoms with Gasteiger partial charge in [-0.25, -0.2) is 0 Å². The molecule has 0 atom stereocenters. The molecule has 11 rings (SSSR count). The maximum Gasteiger partial charge on any atom is 0.252 e. The van der Waals surface area contributed by atoms with Crippen LogP contribution in [0.4, 0.5) is 34.1 Å². The van der Waals surface area contributed by atoms with Gasteiger partial charge in [0, 0.05) is 34.1 Å². The van der Waals surface area contributed by atoms with E-state index in [4.69, 9.17) is 0 Å². The van der Waals surface area contributed by atoms with Gasteiger partial charge in [-0.05, 0) is 97.1 Å². The van der Waals surface area contributed by atoms with E-state index in [0.29, 0.717) is 0 Å². The van der Waals surface area contributed by atoms with Crippen LogP contribution in [0.1, 0.15) is 5.56 Å². The number of fused-ring (bicyclic) bond motifs is 6. The molecule has 0 aliphatic carbocycles. The highest BCUT2D eigenvalue weighted by atomic mass is 28.3. The molecule has 3 aliphatic heterocycles. The van der Waals surface area contributed by atoms with Gasteiger partial charge >= 0.3 is 0 Å². The van der Waals surface area contributed by atoms with Gasteiger partial charge in [0.15, 0.2) is 8.07 Å². The first-order valence-electron chi connectivity index (χ1n) is 18.6. The third-order valence-electron chi connectivity index (χ3n) is 11.7. The van der Waals surface area contributed by atoms with Crippen LogP contribution >= 0.6 is 0 Å². The zero-order valence-electron chi connectivity index (χ0n) is 29.4. The van der Waals surface area contributed by atoms with E-state index in [9.17, 15) is 0 Å². The van der Waals surface area contributed by atoms with Crippen LogP contribution in [0.5, 0.6) is 0 Å². The molecular formula is C49H35BN2Si. The van der Waals surface area contributed by atoms with Crippen molar-refractivity contribution in [1.82, 2.24) is 0 Å². The molecule has 0 spiro atoms. The fourth-order valence-electron chi connectivity index (χ4n) is 9.69. The van der Waals surface area contributed by atoms with Crippen LogP contribution < -0.4 is 46.9 Å². The van der Waals surface area contributed by atoms with Crippen molar-refractivity contribution in [1.29, 1.82) is 0 Å². The molecule has 0 unspecified atom stereocenters. The van der Waals surface area contributed by atoms with Crippen LogP contribution in [-0.2, 0) is 0 Å². The lowest BCUT2D eigenvalue weighted by Crippen LogP contribution is -2.79. The molecule has 0 saturated heterocycles. The Morgan fingerprint density at radius 3 is 1.70 bits per heavy atom. The SMILES string of the molecule is Cc1cc2c3c(c1)N1c4ccccc4[Si](c4ccccc4)(c4ccccc4)c4cccc(c41)B3c1ccc(-c3ccccc3)cc1N2c1ccccc1. The highest BCUT2D eigenvalue weighted by Crippen LogP contribution is 2.46. The summed E-state index contributed by atoms with van der Waals surface area (Å²) in [5, 5.41) is 5.70. The van der Waals surface area contributed by atoms with E-state index >= 15 is 0 Å². The molecular weight excluding hydrogens is 655 g/mol. The summed E-state index contributed by atoms with van der Waals surface area (Å²) in [5.74, 6) is 0. The van der Waals surface area contributed by atoms with Gasteiger partial charge in [-0.3, -0.25) is 0 Å². The summed E-state index contributed by atoms with van der Waals surface area (Å²) in [5.41, 5.74) is 15.4. The lowest BCUT2D eigenvalue weighted by atomic mass is 9.33. The third-order valence-corrected chi connectivity index (χ3v) is 16.6. The average molecular weight is 691 g/mol. The Bertz CT molecular complexity index is 2660. The molecule has 53 heavy (non-hydrogen) atoms. The average Bonchev–Trinajstić information content (AvgIpc) is 3.22. The number of para-hydroxylation sites is 3. The summed E-state index contributed by atoms with van der Waals surface area (Å²) >= 11 is 0. The summed E-state index contributed by atoms with van der Waals surface area (Å²) in [6, 6.07) is 72.9. The van der Waals surface area contributed by atoms with Crippen molar-refractivity contribution in [3.8, 4) is 11.1 Å². The molecule has 0 radical (unpaired) electrons. The number of hydrogen-bond acceptors (Lipinski definition) is 2. The van der Waals surface area contributed by atoms with Gasteiger partial charge in [0.05, 0.1) is 0 Å². The van der Waals surface area contributed by atoms with Crippen molar-refractivity contribution in [3.63, 3.8) is 0 Å². The molecule has 248 valence electrons. The van der Waals surface area contributed by atoms with E-state index in [1.807, 2.05) is 0 Å². The van der Waals surface area contributed by atoms with E-state index < -0.39 is 8.07 Å². The molecule has 0 fully saturated rings. The monoisotopic (exact) mass is 690 g/mol. The highest BCUT2D eigenvalue weighted by molar-refractivity contribution is 7.22. The van der Waals surface area contributed by atoms with E-state index in [1.165, 1.54) is 87.9 Å². The van der Waals surface area contributed by atoms with Gasteiger partial charge in [0.25, 0.3) is 6.71 Å². The Morgan fingerprint density at radius 2 is 1.00 bits per heavy atom. The smallest absolute Gasteiger partial charge is 0.252 e. The molecule has 3 aliphatic rings. The van der Waals surface area contributed by atoms with Crippen molar-refractivity contribution in [2.75, 3.05) is 9.80 Å². The lowest BCUT2D eigenvalue weighted by molar-refractivity contribution is 1.24. The minimum atomic E-state index is -2.77. The van der Waals surface area contributed by atoms with E-state index in [2.05, 4.69) is 211 Å². The standard InChI is InChI=1S/C49H35BN2Si/c1-34-31-44-48-45(32-34)52-42-26-14-15-27-46(42)53(38-21-10-4-11-22-38,39-23-12-5-13-24-39)47-28-16-25-41(49(47)52)50(48)40-30-29-36(35-17-6-2-7-18-35)33-43(40)51(44)37-19-8-3-9-20-37/h2-33H,1H3. The predicted molar refractivity (Wildman–Crippen MR) is 228 cm³/mol. The molecule has 4 heteroatoms. The Labute approximate surface area is 312 Å². The summed E-state index contributed by atoms with van der Waals surface area (Å²) in [6.07, 6.45) is 0. The maximum absolute atomic E-state index is 2.77. The fraction of sp³-hybridized carbons (Fsp3) is 0.0204. The van der Waals surface area contributed by atoms with Crippen molar-refractivity contribution in [2.24, 2.45) is 0 Å². The summed E-state index contributed by atoms with van der Waals surface area (Å²) in [6.45, 7) is 2.32. The van der Waals surface area contributed by atoms with Crippen LogP contribution in [0.2, 0.25) is 0 Å². The number of nitrogens with zero attached hydrogens (tertiary/aromatic N) is 2. The predicted octanol–water partition coefficient (Wildman–Crippen LogP) is 7.44. The lowest BCUT2D eigenvalue weighted by Gasteiger charge is -2.50. The molecule has 2 nitrogen and oxygen atoms in total. The van der Waals surface area contributed by atoms with Crippen LogP contribution in [0.15, 0.2) is 194 Å². The van der Waals surface area contributed by atoms with Gasteiger partial charge < -0.3 is 9.80 Å². The topological polar surface area (TPSA) is 6.48 Å². The minimum Gasteiger partial charge on any atom is -0.312 e. The summed E-state index contributed by atoms with van der Waals surface area (Å²) < 4.78 is 0. The van der Waals surface area contributed by atoms with Gasteiger partial charge in [-0.1, -0.05) is 158 Å². The second-order valence-electron chi connectivity index (χ2n) is 14.5. The first kappa shape index (κ1) is 30.3. The van der Waals surface area contributed by atoms with Crippen LogP contribution in [0.3, 0.4) is 0 Å². The Hall–Kier alpha value is -6.36. The van der Waals surface area contributed by atoms with E-state index in [0.717, 1.165) is 0 Å².